The van der Waals surface area contributed by atoms with Crippen molar-refractivity contribution in [2.75, 3.05) is 13.1 Å². The van der Waals surface area contributed by atoms with Gasteiger partial charge in [-0.25, -0.2) is 21.8 Å². The van der Waals surface area contributed by atoms with Crippen LogP contribution in [0.1, 0.15) is 12.5 Å². The summed E-state index contributed by atoms with van der Waals surface area (Å²) in [5.41, 5.74) is -2.17. The molecule has 1 saturated heterocycles. The molecule has 0 bridgehead atoms. The van der Waals surface area contributed by atoms with E-state index in [-0.39, 0.29) is 20.5 Å². The second-order valence-electron chi connectivity index (χ2n) is 7.07. The summed E-state index contributed by atoms with van der Waals surface area (Å²) >= 11 is 11.8. The number of aliphatic hydroxyl groups is 2. The minimum Gasteiger partial charge on any atom is -0.390 e. The first-order chi connectivity index (χ1) is 14.3. The van der Waals surface area contributed by atoms with Crippen LogP contribution < -0.4 is 0 Å². The van der Waals surface area contributed by atoms with Crippen molar-refractivity contribution in [2.45, 2.75) is 33.8 Å². The number of β-amino-alcohol motifs (C(OH)–C–C–N with tert-alkyl or cyclic N) is 1. The maximum Gasteiger partial charge on any atom is 0.244 e. The van der Waals surface area contributed by atoms with E-state index in [1.54, 1.807) is 0 Å². The van der Waals surface area contributed by atoms with Crippen molar-refractivity contribution in [2.24, 2.45) is 0 Å². The zero-order valence-electron chi connectivity index (χ0n) is 16.0. The zero-order chi connectivity index (χ0) is 23.2. The summed E-state index contributed by atoms with van der Waals surface area (Å²) in [6.45, 7) is -0.170. The Morgan fingerprint density at radius 3 is 2.45 bits per heavy atom. The minimum absolute atomic E-state index is 0.139. The number of hydrogen-bond acceptors (Lipinski definition) is 8. The molecule has 2 aromatic rings. The molecular formula is C18H17Cl2N3O6S2. The van der Waals surface area contributed by atoms with Gasteiger partial charge in [0, 0.05) is 19.3 Å². The van der Waals surface area contributed by atoms with Crippen molar-refractivity contribution in [3.63, 3.8) is 0 Å². The largest absolute Gasteiger partial charge is 0.390 e. The number of nitriles is 1. The lowest BCUT2D eigenvalue weighted by Crippen LogP contribution is -2.53. The van der Waals surface area contributed by atoms with E-state index in [0.717, 1.165) is 28.7 Å². The van der Waals surface area contributed by atoms with E-state index in [9.17, 15) is 27.0 Å². The van der Waals surface area contributed by atoms with Crippen LogP contribution in [-0.4, -0.2) is 66.4 Å². The van der Waals surface area contributed by atoms with E-state index in [4.69, 9.17) is 28.5 Å². The number of aliphatic hydroxyl groups excluding tert-OH is 1. The van der Waals surface area contributed by atoms with Crippen LogP contribution in [0.15, 0.2) is 46.5 Å². The molecule has 1 aliphatic heterocycles. The molecule has 1 aliphatic rings. The molecule has 2 N–H and O–H groups in total. The summed E-state index contributed by atoms with van der Waals surface area (Å²) in [5.74, 6) is 0. The van der Waals surface area contributed by atoms with Crippen molar-refractivity contribution in [3.8, 4) is 6.07 Å². The molecule has 0 amide bonds. The quantitative estimate of drug-likeness (QED) is 0.615. The standard InChI is InChI=1S/C18H17Cl2N3O6S2/c1-11(24)18(25)10-23(31(28,29)15-4-2-12(7-21)6-14(15)20)9-16(18)30(26,27)17-5-3-13(19)8-22-17/h2-6,8,11,16,24-25H,9-10H2,1H3/t11?,16-,18+/m0/s1. The van der Waals surface area contributed by atoms with Gasteiger partial charge in [-0.2, -0.15) is 9.57 Å². The number of nitrogens with zero attached hydrogens (tertiary/aromatic N) is 3. The number of halogens is 2. The van der Waals surface area contributed by atoms with E-state index < -0.39 is 54.9 Å². The van der Waals surface area contributed by atoms with Crippen molar-refractivity contribution in [1.29, 1.82) is 5.26 Å². The number of rotatable bonds is 5. The molecule has 3 atom stereocenters. The number of sulfonamides is 1. The topological polar surface area (TPSA) is 149 Å². The van der Waals surface area contributed by atoms with Gasteiger partial charge >= 0.3 is 0 Å². The molecule has 0 spiro atoms. The highest BCUT2D eigenvalue weighted by atomic mass is 35.5. The Bertz CT molecular complexity index is 1260. The summed E-state index contributed by atoms with van der Waals surface area (Å²) < 4.78 is 53.4. The van der Waals surface area contributed by atoms with Crippen LogP contribution in [-0.2, 0) is 19.9 Å². The highest BCUT2D eigenvalue weighted by Crippen LogP contribution is 2.37. The minimum atomic E-state index is -4.37. The van der Waals surface area contributed by atoms with Crippen molar-refractivity contribution < 1.29 is 27.0 Å². The molecule has 0 saturated carbocycles. The van der Waals surface area contributed by atoms with E-state index >= 15 is 0 Å². The number of pyridine rings is 1. The Kier molecular flexibility index (Phi) is 6.38. The fourth-order valence-corrected chi connectivity index (χ4v) is 7.50. The third-order valence-electron chi connectivity index (χ3n) is 5.13. The molecular weight excluding hydrogens is 489 g/mol. The molecule has 3 rings (SSSR count). The van der Waals surface area contributed by atoms with Crippen molar-refractivity contribution >= 4 is 43.1 Å². The molecule has 1 aromatic heterocycles. The van der Waals surface area contributed by atoms with Gasteiger partial charge in [0.2, 0.25) is 19.9 Å². The maximum atomic E-state index is 13.2. The summed E-state index contributed by atoms with van der Waals surface area (Å²) in [7, 11) is -8.73. The second kappa shape index (κ2) is 8.29. The van der Waals surface area contributed by atoms with Gasteiger partial charge in [0.25, 0.3) is 0 Å². The van der Waals surface area contributed by atoms with Gasteiger partial charge in [0.1, 0.15) is 15.7 Å². The summed E-state index contributed by atoms with van der Waals surface area (Å²) in [6, 6.07) is 7.80. The van der Waals surface area contributed by atoms with E-state index in [1.807, 2.05) is 6.07 Å². The van der Waals surface area contributed by atoms with Crippen LogP contribution in [0.2, 0.25) is 10.0 Å². The lowest BCUT2D eigenvalue weighted by molar-refractivity contribution is -0.0513. The SMILES string of the molecule is CC(O)[C@]1(O)CN(S(=O)(=O)c2ccc(C#N)cc2Cl)C[C@@H]1S(=O)(=O)c1ccc(Cl)cn1. The van der Waals surface area contributed by atoms with Crippen LogP contribution in [0.25, 0.3) is 0 Å². The second-order valence-corrected chi connectivity index (χ2v) is 11.9. The molecule has 13 heteroatoms. The molecule has 0 radical (unpaired) electrons. The summed E-state index contributed by atoms with van der Waals surface area (Å²) in [4.78, 5) is 3.41. The van der Waals surface area contributed by atoms with Gasteiger partial charge in [-0.3, -0.25) is 0 Å². The van der Waals surface area contributed by atoms with Gasteiger partial charge in [-0.05, 0) is 37.3 Å². The van der Waals surface area contributed by atoms with Gasteiger partial charge in [0.05, 0.1) is 27.8 Å². The molecule has 166 valence electrons. The number of benzene rings is 1. The molecule has 9 nitrogen and oxygen atoms in total. The van der Waals surface area contributed by atoms with E-state index in [1.165, 1.54) is 19.1 Å². The summed E-state index contributed by atoms with van der Waals surface area (Å²) in [6.07, 6.45) is -0.480. The molecule has 0 aliphatic carbocycles. The summed E-state index contributed by atoms with van der Waals surface area (Å²) in [5, 5.41) is 28.0. The Hall–Kier alpha value is -1.78. The van der Waals surface area contributed by atoms with Crippen LogP contribution in [0.3, 0.4) is 0 Å². The first-order valence-electron chi connectivity index (χ1n) is 8.79. The predicted molar refractivity (Wildman–Crippen MR) is 112 cm³/mol. The van der Waals surface area contributed by atoms with Crippen LogP contribution >= 0.6 is 23.2 Å². The first-order valence-corrected chi connectivity index (χ1v) is 12.5. The molecule has 1 fully saturated rings. The fraction of sp³-hybridized carbons (Fsp3) is 0.333. The Morgan fingerprint density at radius 2 is 1.94 bits per heavy atom. The highest BCUT2D eigenvalue weighted by Gasteiger charge is 2.58. The lowest BCUT2D eigenvalue weighted by atomic mass is 9.97. The van der Waals surface area contributed by atoms with Gasteiger partial charge in [-0.15, -0.1) is 0 Å². The Balaban J connectivity index is 2.06. The molecule has 1 unspecified atom stereocenters. The third kappa shape index (κ3) is 4.17. The normalized spacial score (nSPS) is 23.4. The average molecular weight is 506 g/mol. The fourth-order valence-electron chi connectivity index (χ4n) is 3.34. The average Bonchev–Trinajstić information content (AvgIpc) is 3.08. The smallest absolute Gasteiger partial charge is 0.244 e. The highest BCUT2D eigenvalue weighted by molar-refractivity contribution is 7.92. The van der Waals surface area contributed by atoms with Gasteiger partial charge in [0.15, 0.2) is 5.03 Å². The van der Waals surface area contributed by atoms with Crippen molar-refractivity contribution in [3.05, 3.63) is 52.1 Å². The van der Waals surface area contributed by atoms with Gasteiger partial charge < -0.3 is 10.2 Å². The Morgan fingerprint density at radius 1 is 1.26 bits per heavy atom. The van der Waals surface area contributed by atoms with Gasteiger partial charge in [-0.1, -0.05) is 23.2 Å². The maximum absolute atomic E-state index is 13.2. The number of sulfone groups is 1. The zero-order valence-corrected chi connectivity index (χ0v) is 19.1. The number of aromatic nitrogens is 1. The van der Waals surface area contributed by atoms with Crippen molar-refractivity contribution in [1.82, 2.24) is 9.29 Å². The molecule has 1 aromatic carbocycles. The monoisotopic (exact) mass is 505 g/mol. The van der Waals surface area contributed by atoms with Crippen LogP contribution in [0.4, 0.5) is 0 Å². The van der Waals surface area contributed by atoms with Crippen LogP contribution in [0.5, 0.6) is 0 Å². The Labute approximate surface area is 189 Å². The van der Waals surface area contributed by atoms with E-state index in [0.29, 0.717) is 0 Å². The lowest BCUT2D eigenvalue weighted by Gasteiger charge is -2.31. The van der Waals surface area contributed by atoms with Crippen LogP contribution in [0, 0.1) is 11.3 Å². The molecule has 2 heterocycles. The van der Waals surface area contributed by atoms with E-state index in [2.05, 4.69) is 4.98 Å². The number of hydrogen-bond donors (Lipinski definition) is 2. The predicted octanol–water partition coefficient (Wildman–Crippen LogP) is 1.22. The third-order valence-corrected chi connectivity index (χ3v) is 9.77. The molecule has 31 heavy (non-hydrogen) atoms. The first kappa shape index (κ1) is 23.9.